The Morgan fingerprint density at radius 2 is 1.89 bits per heavy atom. The van der Waals surface area contributed by atoms with Crippen LogP contribution in [0, 0.1) is 22.7 Å². The van der Waals surface area contributed by atoms with E-state index < -0.39 is 0 Å². The Hall–Kier alpha value is -3.05. The molecule has 0 unspecified atom stereocenters. The monoisotopic (exact) mass is 252 g/mol. The highest BCUT2D eigenvalue weighted by Crippen LogP contribution is 2.04. The van der Waals surface area contributed by atoms with Crippen LogP contribution >= 0.6 is 0 Å². The van der Waals surface area contributed by atoms with E-state index in [9.17, 15) is 4.79 Å². The van der Waals surface area contributed by atoms with E-state index >= 15 is 0 Å². The van der Waals surface area contributed by atoms with E-state index in [1.807, 2.05) is 6.07 Å². The number of nitrogens with zero attached hydrogens (tertiary/aromatic N) is 2. The number of hydrogen-bond donors (Lipinski definition) is 2. The minimum Gasteiger partial charge on any atom is -0.388 e. The summed E-state index contributed by atoms with van der Waals surface area (Å²) in [6, 6.07) is 12.2. The van der Waals surface area contributed by atoms with Gasteiger partial charge < -0.3 is 11.1 Å². The summed E-state index contributed by atoms with van der Waals surface area (Å²) in [6.45, 7) is 1.61. The number of carbonyl (C=O) groups is 1. The van der Waals surface area contributed by atoms with Gasteiger partial charge in [-0.25, -0.2) is 0 Å². The van der Waals surface area contributed by atoms with E-state index in [4.69, 9.17) is 16.3 Å². The number of carbonyl (C=O) groups excluding carboxylic acids is 1. The highest BCUT2D eigenvalue weighted by Gasteiger charge is 2.05. The van der Waals surface area contributed by atoms with Crippen LogP contribution in [0.2, 0.25) is 0 Å². The van der Waals surface area contributed by atoms with Crippen LogP contribution in [-0.4, -0.2) is 5.78 Å². The fourth-order valence-corrected chi connectivity index (χ4v) is 1.33. The number of allylic oxidation sites excluding steroid dienone is 4. The van der Waals surface area contributed by atoms with Crippen molar-refractivity contribution in [3.05, 3.63) is 59.1 Å². The summed E-state index contributed by atoms with van der Waals surface area (Å²) < 4.78 is 0. The second-order valence-corrected chi connectivity index (χ2v) is 3.69. The lowest BCUT2D eigenvalue weighted by molar-refractivity contribution is 0.104. The zero-order valence-electron chi connectivity index (χ0n) is 10.3. The first-order valence-corrected chi connectivity index (χ1v) is 5.43. The van der Waals surface area contributed by atoms with Crippen LogP contribution in [0.15, 0.2) is 53.5 Å². The Balaban J connectivity index is 2.88. The van der Waals surface area contributed by atoms with Gasteiger partial charge in [0.15, 0.2) is 11.5 Å². The first kappa shape index (κ1) is 14.0. The van der Waals surface area contributed by atoms with E-state index in [2.05, 4.69) is 5.32 Å². The Bertz CT molecular complexity index is 615. The van der Waals surface area contributed by atoms with E-state index in [1.54, 1.807) is 43.3 Å². The Morgan fingerprint density at radius 1 is 1.26 bits per heavy atom. The molecule has 0 fully saturated rings. The van der Waals surface area contributed by atoms with Crippen molar-refractivity contribution in [3.8, 4) is 12.1 Å². The third kappa shape index (κ3) is 4.03. The van der Waals surface area contributed by atoms with Gasteiger partial charge in [0.1, 0.15) is 17.8 Å². The van der Waals surface area contributed by atoms with Crippen molar-refractivity contribution in [1.82, 2.24) is 5.32 Å². The smallest absolute Gasteiger partial charge is 0.187 e. The molecule has 1 aromatic rings. The molecule has 0 atom stereocenters. The van der Waals surface area contributed by atoms with Crippen molar-refractivity contribution in [1.29, 1.82) is 10.5 Å². The second-order valence-electron chi connectivity index (χ2n) is 3.69. The standard InChI is InChI=1S/C14H12N4O/c1-10(18-13(9-16)12(17)8-15)7-14(19)11-5-3-2-4-6-11/h2-7,18H,17H2,1H3/b10-7?,13-12-. The molecule has 0 aliphatic carbocycles. The van der Waals surface area contributed by atoms with Crippen LogP contribution in [0.1, 0.15) is 17.3 Å². The predicted octanol–water partition coefficient (Wildman–Crippen LogP) is 1.58. The van der Waals surface area contributed by atoms with E-state index in [0.717, 1.165) is 0 Å². The third-order valence-corrected chi connectivity index (χ3v) is 2.23. The first-order valence-electron chi connectivity index (χ1n) is 5.43. The zero-order valence-corrected chi connectivity index (χ0v) is 10.3. The molecule has 1 aromatic carbocycles. The molecule has 5 nitrogen and oxygen atoms in total. The van der Waals surface area contributed by atoms with Gasteiger partial charge in [0.2, 0.25) is 0 Å². The summed E-state index contributed by atoms with van der Waals surface area (Å²) in [5.74, 6) is -0.196. The topological polar surface area (TPSA) is 103 Å². The maximum absolute atomic E-state index is 11.9. The van der Waals surface area contributed by atoms with Crippen molar-refractivity contribution < 1.29 is 4.79 Å². The summed E-state index contributed by atoms with van der Waals surface area (Å²) >= 11 is 0. The average Bonchev–Trinajstić information content (AvgIpc) is 2.44. The summed E-state index contributed by atoms with van der Waals surface area (Å²) in [6.07, 6.45) is 1.34. The maximum Gasteiger partial charge on any atom is 0.187 e. The molecule has 0 saturated carbocycles. The van der Waals surface area contributed by atoms with Gasteiger partial charge in [0, 0.05) is 17.3 Å². The molecule has 0 aromatic heterocycles. The minimum absolute atomic E-state index is 0.0721. The van der Waals surface area contributed by atoms with Crippen molar-refractivity contribution in [2.24, 2.45) is 5.73 Å². The van der Waals surface area contributed by atoms with E-state index in [1.165, 1.54) is 6.08 Å². The van der Waals surface area contributed by atoms with E-state index in [0.29, 0.717) is 11.3 Å². The van der Waals surface area contributed by atoms with Gasteiger partial charge in [-0.3, -0.25) is 4.79 Å². The van der Waals surface area contributed by atoms with Crippen LogP contribution in [0.25, 0.3) is 0 Å². The highest BCUT2D eigenvalue weighted by atomic mass is 16.1. The molecule has 0 spiro atoms. The van der Waals surface area contributed by atoms with Crippen LogP contribution in [-0.2, 0) is 0 Å². The SMILES string of the molecule is CC(=CC(=O)c1ccccc1)N/C(C#N)=C(\N)C#N. The lowest BCUT2D eigenvalue weighted by Gasteiger charge is -2.04. The number of nitrogens with one attached hydrogen (secondary N) is 1. The van der Waals surface area contributed by atoms with Gasteiger partial charge in [-0.2, -0.15) is 10.5 Å². The number of benzene rings is 1. The first-order chi connectivity index (χ1) is 9.08. The second kappa shape index (κ2) is 6.63. The number of rotatable bonds is 4. The molecular weight excluding hydrogens is 240 g/mol. The molecule has 94 valence electrons. The number of nitriles is 2. The average molecular weight is 252 g/mol. The maximum atomic E-state index is 11.9. The minimum atomic E-state index is -0.220. The van der Waals surface area contributed by atoms with Gasteiger partial charge in [-0.15, -0.1) is 0 Å². The normalized spacial score (nSPS) is 11.8. The van der Waals surface area contributed by atoms with Crippen LogP contribution in [0.3, 0.4) is 0 Å². The third-order valence-electron chi connectivity index (χ3n) is 2.23. The van der Waals surface area contributed by atoms with E-state index in [-0.39, 0.29) is 17.2 Å². The molecule has 19 heavy (non-hydrogen) atoms. The molecule has 0 saturated heterocycles. The van der Waals surface area contributed by atoms with Crippen LogP contribution in [0.4, 0.5) is 0 Å². The fraction of sp³-hybridized carbons (Fsp3) is 0.0714. The Morgan fingerprint density at radius 3 is 2.42 bits per heavy atom. The number of hydrogen-bond acceptors (Lipinski definition) is 5. The molecule has 0 bridgehead atoms. The number of ketones is 1. The van der Waals surface area contributed by atoms with Crippen molar-refractivity contribution in [2.75, 3.05) is 0 Å². The molecule has 3 N–H and O–H groups in total. The van der Waals surface area contributed by atoms with Gasteiger partial charge in [-0.1, -0.05) is 30.3 Å². The lowest BCUT2D eigenvalue weighted by atomic mass is 10.1. The highest BCUT2D eigenvalue weighted by molar-refractivity contribution is 6.04. The number of nitrogens with two attached hydrogens (primary N) is 1. The molecule has 1 rings (SSSR count). The van der Waals surface area contributed by atoms with Crippen molar-refractivity contribution >= 4 is 5.78 Å². The van der Waals surface area contributed by atoms with Crippen LogP contribution < -0.4 is 11.1 Å². The molecule has 0 aliphatic heterocycles. The Kier molecular flexibility index (Phi) is 4.89. The van der Waals surface area contributed by atoms with Gasteiger partial charge in [0.25, 0.3) is 0 Å². The van der Waals surface area contributed by atoms with Crippen molar-refractivity contribution in [3.63, 3.8) is 0 Å². The molecule has 0 radical (unpaired) electrons. The van der Waals surface area contributed by atoms with Crippen LogP contribution in [0.5, 0.6) is 0 Å². The predicted molar refractivity (Wildman–Crippen MR) is 70.1 cm³/mol. The summed E-state index contributed by atoms with van der Waals surface area (Å²) in [4.78, 5) is 11.9. The summed E-state index contributed by atoms with van der Waals surface area (Å²) in [5.41, 5.74) is 6.02. The molecule has 0 heterocycles. The van der Waals surface area contributed by atoms with Gasteiger partial charge in [0.05, 0.1) is 0 Å². The zero-order chi connectivity index (χ0) is 14.3. The molecule has 5 heteroatoms. The molecular formula is C14H12N4O. The van der Waals surface area contributed by atoms with Gasteiger partial charge >= 0.3 is 0 Å². The molecule has 0 aliphatic rings. The largest absolute Gasteiger partial charge is 0.388 e. The summed E-state index contributed by atoms with van der Waals surface area (Å²) in [5, 5.41) is 20.0. The molecule has 0 amide bonds. The Labute approximate surface area is 111 Å². The summed E-state index contributed by atoms with van der Waals surface area (Å²) in [7, 11) is 0. The lowest BCUT2D eigenvalue weighted by Crippen LogP contribution is -2.16. The van der Waals surface area contributed by atoms with Gasteiger partial charge in [-0.05, 0) is 6.92 Å². The fourth-order valence-electron chi connectivity index (χ4n) is 1.33. The quantitative estimate of drug-likeness (QED) is 0.481. The van der Waals surface area contributed by atoms with Crippen molar-refractivity contribution in [2.45, 2.75) is 6.92 Å².